The van der Waals surface area contributed by atoms with Crippen molar-refractivity contribution in [2.24, 2.45) is 5.73 Å². The van der Waals surface area contributed by atoms with E-state index in [0.717, 1.165) is 17.5 Å². The molecule has 2 aromatic rings. The summed E-state index contributed by atoms with van der Waals surface area (Å²) in [5.74, 6) is 0.0874. The molecule has 2 rings (SSSR count). The van der Waals surface area contributed by atoms with Gasteiger partial charge in [0.1, 0.15) is 0 Å². The highest BCUT2D eigenvalue weighted by atomic mass is 16.5. The zero-order chi connectivity index (χ0) is 19.8. The van der Waals surface area contributed by atoms with Gasteiger partial charge in [-0.2, -0.15) is 0 Å². The molecule has 27 heavy (non-hydrogen) atoms. The molecule has 4 N–H and O–H groups in total. The fourth-order valence-electron chi connectivity index (χ4n) is 2.77. The number of hydrogen-bond donors (Lipinski definition) is 3. The maximum Gasteiger partial charge on any atom is 0.411 e. The molecule has 0 aliphatic heterocycles. The van der Waals surface area contributed by atoms with Crippen LogP contribution < -0.4 is 16.4 Å². The summed E-state index contributed by atoms with van der Waals surface area (Å²) in [5, 5.41) is 5.26. The standard InChI is InChI=1S/C20H25N3O4/c1-13(21)12-18(14-4-8-16(9-5-14)22-19(24)26-2)15-6-10-17(11-7-15)23-20(25)27-3/h4-11,13,18H,12,21H2,1-3H3,(H,22,24)(H,23,25). The van der Waals surface area contributed by atoms with Crippen LogP contribution in [0.5, 0.6) is 0 Å². The molecule has 7 heteroatoms. The highest BCUT2D eigenvalue weighted by Gasteiger charge is 2.17. The third kappa shape index (κ3) is 6.00. The number of methoxy groups -OCH3 is 2. The minimum absolute atomic E-state index is 0.00995. The molecule has 0 aromatic heterocycles. The van der Waals surface area contributed by atoms with E-state index in [0.29, 0.717) is 11.4 Å². The van der Waals surface area contributed by atoms with Gasteiger partial charge in [-0.15, -0.1) is 0 Å². The summed E-state index contributed by atoms with van der Waals surface area (Å²) in [6.45, 7) is 1.97. The van der Waals surface area contributed by atoms with Gasteiger partial charge in [0, 0.05) is 23.3 Å². The second kappa shape index (κ2) is 9.59. The van der Waals surface area contributed by atoms with Gasteiger partial charge in [-0.05, 0) is 48.7 Å². The zero-order valence-electron chi connectivity index (χ0n) is 15.7. The van der Waals surface area contributed by atoms with E-state index in [-0.39, 0.29) is 12.0 Å². The van der Waals surface area contributed by atoms with E-state index < -0.39 is 12.2 Å². The number of nitrogens with one attached hydrogen (secondary N) is 2. The summed E-state index contributed by atoms with van der Waals surface area (Å²) in [4.78, 5) is 22.6. The lowest BCUT2D eigenvalue weighted by atomic mass is 9.86. The molecular formula is C20H25N3O4. The summed E-state index contributed by atoms with van der Waals surface area (Å²) in [5.41, 5.74) is 9.52. The lowest BCUT2D eigenvalue weighted by molar-refractivity contribution is 0.186. The summed E-state index contributed by atoms with van der Waals surface area (Å²) >= 11 is 0. The number of carbonyl (C=O) groups excluding carboxylic acids is 2. The van der Waals surface area contributed by atoms with Crippen LogP contribution in [0, 0.1) is 0 Å². The predicted octanol–water partition coefficient (Wildman–Crippen LogP) is 3.91. The first-order chi connectivity index (χ1) is 12.9. The Kier molecular flexibility index (Phi) is 7.19. The van der Waals surface area contributed by atoms with Crippen molar-refractivity contribution in [1.82, 2.24) is 0 Å². The Balaban J connectivity index is 2.21. The molecule has 2 aromatic carbocycles. The van der Waals surface area contributed by atoms with E-state index in [4.69, 9.17) is 5.73 Å². The Labute approximate surface area is 158 Å². The largest absolute Gasteiger partial charge is 0.453 e. The average molecular weight is 371 g/mol. The van der Waals surface area contributed by atoms with Crippen molar-refractivity contribution < 1.29 is 19.1 Å². The van der Waals surface area contributed by atoms with Crippen molar-refractivity contribution in [3.05, 3.63) is 59.7 Å². The molecule has 0 radical (unpaired) electrons. The topological polar surface area (TPSA) is 103 Å². The lowest BCUT2D eigenvalue weighted by Crippen LogP contribution is -2.19. The number of ether oxygens (including phenoxy) is 2. The SMILES string of the molecule is COC(=O)Nc1ccc(C(CC(C)N)c2ccc(NC(=O)OC)cc2)cc1. The summed E-state index contributed by atoms with van der Waals surface area (Å²) in [6.07, 6.45) is -0.264. The first-order valence-electron chi connectivity index (χ1n) is 8.58. The van der Waals surface area contributed by atoms with Gasteiger partial charge in [0.25, 0.3) is 0 Å². The van der Waals surface area contributed by atoms with E-state index in [9.17, 15) is 9.59 Å². The Bertz CT molecular complexity index is 696. The van der Waals surface area contributed by atoms with Gasteiger partial charge in [0.05, 0.1) is 14.2 Å². The van der Waals surface area contributed by atoms with Crippen molar-refractivity contribution >= 4 is 23.6 Å². The van der Waals surface area contributed by atoms with E-state index in [1.54, 1.807) is 0 Å². The Morgan fingerprint density at radius 2 is 1.22 bits per heavy atom. The van der Waals surface area contributed by atoms with Gasteiger partial charge < -0.3 is 15.2 Å². The Hall–Kier alpha value is -3.06. The molecule has 7 nitrogen and oxygen atoms in total. The number of amides is 2. The van der Waals surface area contributed by atoms with Crippen molar-refractivity contribution in [2.75, 3.05) is 24.9 Å². The highest BCUT2D eigenvalue weighted by molar-refractivity contribution is 5.85. The molecule has 0 heterocycles. The average Bonchev–Trinajstić information content (AvgIpc) is 2.67. The highest BCUT2D eigenvalue weighted by Crippen LogP contribution is 2.30. The molecule has 1 atom stereocenters. The van der Waals surface area contributed by atoms with E-state index in [2.05, 4.69) is 20.1 Å². The summed E-state index contributed by atoms with van der Waals surface area (Å²) in [6, 6.07) is 15.1. The second-order valence-electron chi connectivity index (χ2n) is 6.24. The van der Waals surface area contributed by atoms with E-state index in [1.165, 1.54) is 14.2 Å². The first-order valence-corrected chi connectivity index (χ1v) is 8.58. The lowest BCUT2D eigenvalue weighted by Gasteiger charge is -2.21. The molecule has 0 spiro atoms. The molecule has 0 saturated heterocycles. The number of anilines is 2. The van der Waals surface area contributed by atoms with Crippen LogP contribution in [0.4, 0.5) is 21.0 Å². The molecule has 1 unspecified atom stereocenters. The van der Waals surface area contributed by atoms with Gasteiger partial charge in [-0.25, -0.2) is 9.59 Å². The molecule has 0 aliphatic carbocycles. The van der Waals surface area contributed by atoms with Crippen molar-refractivity contribution in [2.45, 2.75) is 25.3 Å². The third-order valence-corrected chi connectivity index (χ3v) is 4.10. The van der Waals surface area contributed by atoms with Crippen LogP contribution in [-0.4, -0.2) is 32.4 Å². The normalized spacial score (nSPS) is 11.6. The number of rotatable bonds is 6. The van der Waals surface area contributed by atoms with Crippen molar-refractivity contribution in [3.8, 4) is 0 Å². The van der Waals surface area contributed by atoms with Crippen LogP contribution in [0.2, 0.25) is 0 Å². The van der Waals surface area contributed by atoms with Crippen molar-refractivity contribution in [1.29, 1.82) is 0 Å². The Morgan fingerprint density at radius 1 is 0.852 bits per heavy atom. The molecule has 0 bridgehead atoms. The molecule has 0 fully saturated rings. The second-order valence-corrected chi connectivity index (χ2v) is 6.24. The van der Waals surface area contributed by atoms with Gasteiger partial charge >= 0.3 is 12.2 Å². The number of benzene rings is 2. The minimum Gasteiger partial charge on any atom is -0.453 e. The van der Waals surface area contributed by atoms with Gasteiger partial charge in [-0.3, -0.25) is 10.6 Å². The Morgan fingerprint density at radius 3 is 1.52 bits per heavy atom. The maximum absolute atomic E-state index is 11.3. The minimum atomic E-state index is -0.511. The maximum atomic E-state index is 11.3. The summed E-state index contributed by atoms with van der Waals surface area (Å²) in [7, 11) is 2.64. The molecule has 144 valence electrons. The predicted molar refractivity (Wildman–Crippen MR) is 105 cm³/mol. The van der Waals surface area contributed by atoms with Crippen LogP contribution in [-0.2, 0) is 9.47 Å². The van der Waals surface area contributed by atoms with Crippen LogP contribution in [0.1, 0.15) is 30.4 Å². The fourth-order valence-corrected chi connectivity index (χ4v) is 2.77. The van der Waals surface area contributed by atoms with Gasteiger partial charge in [0.15, 0.2) is 0 Å². The molecule has 0 aliphatic rings. The van der Waals surface area contributed by atoms with Crippen LogP contribution in [0.25, 0.3) is 0 Å². The number of carbonyl (C=O) groups is 2. The van der Waals surface area contributed by atoms with Gasteiger partial charge in [0.2, 0.25) is 0 Å². The molecule has 2 amide bonds. The molecular weight excluding hydrogens is 346 g/mol. The van der Waals surface area contributed by atoms with Crippen LogP contribution in [0.15, 0.2) is 48.5 Å². The van der Waals surface area contributed by atoms with Crippen molar-refractivity contribution in [3.63, 3.8) is 0 Å². The third-order valence-electron chi connectivity index (χ3n) is 4.10. The quantitative estimate of drug-likeness (QED) is 0.714. The smallest absolute Gasteiger partial charge is 0.411 e. The fraction of sp³-hybridized carbons (Fsp3) is 0.300. The first kappa shape index (κ1) is 20.3. The van der Waals surface area contributed by atoms with Gasteiger partial charge in [-0.1, -0.05) is 24.3 Å². The number of nitrogens with two attached hydrogens (primary N) is 1. The van der Waals surface area contributed by atoms with Crippen LogP contribution in [0.3, 0.4) is 0 Å². The van der Waals surface area contributed by atoms with E-state index >= 15 is 0 Å². The number of hydrogen-bond acceptors (Lipinski definition) is 5. The van der Waals surface area contributed by atoms with Crippen LogP contribution >= 0.6 is 0 Å². The monoisotopic (exact) mass is 371 g/mol. The van der Waals surface area contributed by atoms with E-state index in [1.807, 2.05) is 55.5 Å². The summed E-state index contributed by atoms with van der Waals surface area (Å²) < 4.78 is 9.19. The zero-order valence-corrected chi connectivity index (χ0v) is 15.7. The molecule has 0 saturated carbocycles.